The summed E-state index contributed by atoms with van der Waals surface area (Å²) in [4.78, 5) is 21.6. The summed E-state index contributed by atoms with van der Waals surface area (Å²) in [5.74, 6) is -5.95. The van der Waals surface area contributed by atoms with Crippen LogP contribution in [0.3, 0.4) is 0 Å². The molecule has 0 heterocycles. The molecule has 1 aromatic rings. The average Bonchev–Trinajstić information content (AvgIpc) is 2.35. The van der Waals surface area contributed by atoms with Crippen molar-refractivity contribution < 1.29 is 28.6 Å². The number of hydrogen-bond acceptors (Lipinski definition) is 3. The second-order valence-corrected chi connectivity index (χ2v) is 3.21. The van der Waals surface area contributed by atoms with Crippen molar-refractivity contribution in [3.8, 4) is 0 Å². The zero-order valence-electron chi connectivity index (χ0n) is 8.93. The lowest BCUT2D eigenvalue weighted by molar-refractivity contribution is -0.135. The molecule has 0 fully saturated rings. The number of aliphatic carboxylic acids is 1. The Bertz CT molecular complexity index is 530. The van der Waals surface area contributed by atoms with E-state index in [-0.39, 0.29) is 5.56 Å². The molecule has 0 saturated carbocycles. The molecule has 0 aliphatic rings. The monoisotopic (exact) mass is 254 g/mol. The van der Waals surface area contributed by atoms with Gasteiger partial charge in [-0.15, -0.1) is 0 Å². The Hall–Kier alpha value is -2.50. The standard InChI is InChI=1S/C12H8F2O4/c13-8-3-1-7(2-4-8)10(15)6-5-9(14)11(16)12(17)18/h1-6,16H,(H,17,18). The lowest BCUT2D eigenvalue weighted by atomic mass is 10.1. The highest BCUT2D eigenvalue weighted by molar-refractivity contribution is 6.04. The number of halogens is 2. The van der Waals surface area contributed by atoms with Crippen molar-refractivity contribution in [2.45, 2.75) is 0 Å². The first-order valence-electron chi connectivity index (χ1n) is 4.72. The van der Waals surface area contributed by atoms with Gasteiger partial charge in [0.05, 0.1) is 0 Å². The number of rotatable bonds is 4. The van der Waals surface area contributed by atoms with E-state index in [1.54, 1.807) is 0 Å². The molecule has 6 heteroatoms. The Morgan fingerprint density at radius 3 is 2.11 bits per heavy atom. The van der Waals surface area contributed by atoms with Gasteiger partial charge in [0.1, 0.15) is 5.82 Å². The number of hydrogen-bond donors (Lipinski definition) is 2. The summed E-state index contributed by atoms with van der Waals surface area (Å²) in [6.07, 6.45) is 1.26. The molecule has 0 aliphatic carbocycles. The first-order valence-corrected chi connectivity index (χ1v) is 4.72. The molecule has 0 aliphatic heterocycles. The number of benzene rings is 1. The minimum Gasteiger partial charge on any atom is -0.500 e. The third kappa shape index (κ3) is 3.51. The molecule has 0 saturated heterocycles. The number of aliphatic hydroxyl groups is 1. The van der Waals surface area contributed by atoms with Crippen LogP contribution in [0.25, 0.3) is 0 Å². The van der Waals surface area contributed by atoms with E-state index in [1.807, 2.05) is 0 Å². The highest BCUT2D eigenvalue weighted by Crippen LogP contribution is 2.08. The van der Waals surface area contributed by atoms with Gasteiger partial charge in [-0.1, -0.05) is 0 Å². The zero-order chi connectivity index (χ0) is 13.7. The van der Waals surface area contributed by atoms with Crippen molar-refractivity contribution >= 4 is 11.8 Å². The van der Waals surface area contributed by atoms with Gasteiger partial charge >= 0.3 is 5.97 Å². The van der Waals surface area contributed by atoms with Crippen molar-refractivity contribution in [3.05, 3.63) is 59.4 Å². The predicted molar refractivity (Wildman–Crippen MR) is 58.3 cm³/mol. The van der Waals surface area contributed by atoms with Crippen LogP contribution in [0.1, 0.15) is 10.4 Å². The molecule has 0 bridgehead atoms. The molecule has 4 nitrogen and oxygen atoms in total. The van der Waals surface area contributed by atoms with E-state index in [9.17, 15) is 18.4 Å². The molecule has 0 atom stereocenters. The van der Waals surface area contributed by atoms with E-state index in [0.717, 1.165) is 18.2 Å². The second kappa shape index (κ2) is 5.72. The summed E-state index contributed by atoms with van der Waals surface area (Å²) < 4.78 is 25.5. The fraction of sp³-hybridized carbons (Fsp3) is 0. The van der Waals surface area contributed by atoms with E-state index in [4.69, 9.17) is 10.2 Å². The van der Waals surface area contributed by atoms with E-state index >= 15 is 0 Å². The number of carbonyl (C=O) groups is 2. The summed E-state index contributed by atoms with van der Waals surface area (Å²) in [6, 6.07) is 4.51. The second-order valence-electron chi connectivity index (χ2n) is 3.21. The summed E-state index contributed by atoms with van der Waals surface area (Å²) in [7, 11) is 0. The number of carboxylic acid groups (broad SMARTS) is 1. The minimum atomic E-state index is -1.84. The molecule has 0 aromatic heterocycles. The van der Waals surface area contributed by atoms with Gasteiger partial charge in [0, 0.05) is 5.56 Å². The number of allylic oxidation sites excluding steroid dienone is 3. The Labute approximate surface area is 100 Å². The molecule has 0 radical (unpaired) electrons. The van der Waals surface area contributed by atoms with Gasteiger partial charge in [-0.25, -0.2) is 13.6 Å². The van der Waals surface area contributed by atoms with E-state index in [0.29, 0.717) is 6.08 Å². The smallest absolute Gasteiger partial charge is 0.374 e. The molecule has 94 valence electrons. The van der Waals surface area contributed by atoms with E-state index in [1.165, 1.54) is 12.1 Å². The topological polar surface area (TPSA) is 74.6 Å². The third-order valence-corrected chi connectivity index (χ3v) is 1.94. The molecule has 1 aromatic carbocycles. The van der Waals surface area contributed by atoms with E-state index in [2.05, 4.69) is 0 Å². The maximum Gasteiger partial charge on any atom is 0.374 e. The Morgan fingerprint density at radius 1 is 1.06 bits per heavy atom. The van der Waals surface area contributed by atoms with Crippen LogP contribution in [0.15, 0.2) is 48.0 Å². The SMILES string of the molecule is O=C(O)C(O)=C(F)C=CC(=O)c1ccc(F)cc1. The van der Waals surface area contributed by atoms with Crippen molar-refractivity contribution in [1.82, 2.24) is 0 Å². The molecule has 1 rings (SSSR count). The highest BCUT2D eigenvalue weighted by atomic mass is 19.1. The van der Waals surface area contributed by atoms with Crippen molar-refractivity contribution in [3.63, 3.8) is 0 Å². The fourth-order valence-corrected chi connectivity index (χ4v) is 1.04. The average molecular weight is 254 g/mol. The van der Waals surface area contributed by atoms with Gasteiger partial charge in [-0.05, 0) is 36.4 Å². The van der Waals surface area contributed by atoms with Gasteiger partial charge in [0.25, 0.3) is 0 Å². The quantitative estimate of drug-likeness (QED) is 0.374. The zero-order valence-corrected chi connectivity index (χ0v) is 8.93. The molecule has 0 amide bonds. The van der Waals surface area contributed by atoms with Gasteiger partial charge in [0.2, 0.25) is 5.76 Å². The van der Waals surface area contributed by atoms with Crippen LogP contribution in [0.2, 0.25) is 0 Å². The van der Waals surface area contributed by atoms with Crippen LogP contribution in [0, 0.1) is 5.82 Å². The van der Waals surface area contributed by atoms with Crippen LogP contribution < -0.4 is 0 Å². The normalized spacial score (nSPS) is 12.3. The van der Waals surface area contributed by atoms with Gasteiger partial charge in [0.15, 0.2) is 11.6 Å². The van der Waals surface area contributed by atoms with Crippen molar-refractivity contribution in [2.24, 2.45) is 0 Å². The summed E-state index contributed by atoms with van der Waals surface area (Å²) in [5, 5.41) is 17.0. The lowest BCUT2D eigenvalue weighted by Gasteiger charge is -1.95. The highest BCUT2D eigenvalue weighted by Gasteiger charge is 2.10. The van der Waals surface area contributed by atoms with Crippen LogP contribution in [-0.4, -0.2) is 22.0 Å². The van der Waals surface area contributed by atoms with Gasteiger partial charge in [-0.3, -0.25) is 4.79 Å². The summed E-state index contributed by atoms with van der Waals surface area (Å²) in [5.41, 5.74) is 0.107. The molecular formula is C12H8F2O4. The predicted octanol–water partition coefficient (Wildman–Crippen LogP) is 2.39. The van der Waals surface area contributed by atoms with Gasteiger partial charge in [-0.2, -0.15) is 0 Å². The fourth-order valence-electron chi connectivity index (χ4n) is 1.04. The van der Waals surface area contributed by atoms with E-state index < -0.39 is 29.2 Å². The number of aliphatic hydroxyl groups excluding tert-OH is 1. The maximum absolute atomic E-state index is 12.9. The largest absolute Gasteiger partial charge is 0.500 e. The number of carbonyl (C=O) groups excluding carboxylic acids is 1. The lowest BCUT2D eigenvalue weighted by Crippen LogP contribution is -2.01. The minimum absolute atomic E-state index is 0.107. The molecular weight excluding hydrogens is 246 g/mol. The van der Waals surface area contributed by atoms with Gasteiger partial charge < -0.3 is 10.2 Å². The third-order valence-electron chi connectivity index (χ3n) is 1.94. The number of ketones is 1. The first-order chi connectivity index (χ1) is 8.41. The summed E-state index contributed by atoms with van der Waals surface area (Å²) >= 11 is 0. The van der Waals surface area contributed by atoms with Crippen LogP contribution >= 0.6 is 0 Å². The first kappa shape index (κ1) is 13.6. The number of carboxylic acids is 1. The van der Waals surface area contributed by atoms with Crippen LogP contribution in [0.5, 0.6) is 0 Å². The van der Waals surface area contributed by atoms with Crippen molar-refractivity contribution in [1.29, 1.82) is 0 Å². The Balaban J connectivity index is 2.86. The van der Waals surface area contributed by atoms with Crippen molar-refractivity contribution in [2.75, 3.05) is 0 Å². The molecule has 2 N–H and O–H groups in total. The van der Waals surface area contributed by atoms with Crippen LogP contribution in [0.4, 0.5) is 8.78 Å². The molecule has 0 unspecified atom stereocenters. The summed E-state index contributed by atoms with van der Waals surface area (Å²) in [6.45, 7) is 0. The Morgan fingerprint density at radius 2 is 1.61 bits per heavy atom. The van der Waals surface area contributed by atoms with Crippen LogP contribution in [-0.2, 0) is 4.79 Å². The molecule has 0 spiro atoms. The Kier molecular flexibility index (Phi) is 4.31. The maximum atomic E-state index is 12.9. The molecule has 18 heavy (non-hydrogen) atoms.